The lowest BCUT2D eigenvalue weighted by molar-refractivity contribution is -0.181. The van der Waals surface area contributed by atoms with Crippen molar-refractivity contribution in [1.29, 1.82) is 0 Å². The van der Waals surface area contributed by atoms with Crippen molar-refractivity contribution in [2.45, 2.75) is 123 Å². The van der Waals surface area contributed by atoms with Gasteiger partial charge in [0, 0.05) is 103 Å². The number of esters is 2. The third-order valence-corrected chi connectivity index (χ3v) is 16.7. The molecule has 2 aromatic rings. The molecular weight excluding hydrogens is 925 g/mol. The zero-order chi connectivity index (χ0) is 52.1. The van der Waals surface area contributed by atoms with E-state index in [4.69, 9.17) is 29.4 Å². The Balaban J connectivity index is 1.27. The molecule has 9 aliphatic rings. The number of amides is 1. The molecule has 5 heterocycles. The summed E-state index contributed by atoms with van der Waals surface area (Å²) >= 11 is 0. The van der Waals surface area contributed by atoms with E-state index in [2.05, 4.69) is 35.8 Å². The van der Waals surface area contributed by atoms with Crippen LogP contribution in [0.4, 0.5) is 0 Å². The minimum atomic E-state index is -1.70. The predicted octanol–water partition coefficient (Wildman–Crippen LogP) is 8.18. The maximum atomic E-state index is 16.1. The van der Waals surface area contributed by atoms with Gasteiger partial charge in [-0.15, -0.1) is 0 Å². The number of likely N-dealkylation sites (N-methyl/N-ethyl adjacent to an activating group) is 1. The second-order valence-corrected chi connectivity index (χ2v) is 22.5. The Kier molecular flexibility index (Phi) is 12.7. The Hall–Kier alpha value is -6.09. The number of ketones is 2. The van der Waals surface area contributed by atoms with Gasteiger partial charge in [0.05, 0.1) is 41.7 Å². The highest BCUT2D eigenvalue weighted by Crippen LogP contribution is 2.75. The van der Waals surface area contributed by atoms with E-state index in [-0.39, 0.29) is 55.6 Å². The maximum absolute atomic E-state index is 16.1. The monoisotopic (exact) mass is 995 g/mol. The third kappa shape index (κ3) is 7.79. The number of piperazine rings is 1. The molecule has 1 spiro atoms. The van der Waals surface area contributed by atoms with Crippen LogP contribution < -0.4 is 19.9 Å². The highest BCUT2D eigenvalue weighted by molar-refractivity contribution is 6.23. The molecule has 6 unspecified atom stereocenters. The van der Waals surface area contributed by atoms with Crippen molar-refractivity contribution in [3.63, 3.8) is 0 Å². The summed E-state index contributed by atoms with van der Waals surface area (Å²) in [5.74, 6) is -2.50. The van der Waals surface area contributed by atoms with Gasteiger partial charge >= 0.3 is 11.9 Å². The van der Waals surface area contributed by atoms with Crippen LogP contribution in [0.5, 0.6) is 17.2 Å². The molecule has 2 N–H and O–H groups in total. The van der Waals surface area contributed by atoms with Crippen LogP contribution in [0.1, 0.15) is 127 Å². The number of allylic oxidation sites excluding steroid dienone is 5. The summed E-state index contributed by atoms with van der Waals surface area (Å²) in [5.41, 5.74) is 9.68. The summed E-state index contributed by atoms with van der Waals surface area (Å²) in [7, 11) is 3.35. The van der Waals surface area contributed by atoms with E-state index in [0.29, 0.717) is 94.2 Å². The zero-order valence-electron chi connectivity index (χ0n) is 44.1. The molecule has 6 atom stereocenters. The van der Waals surface area contributed by atoms with Gasteiger partial charge in [0.1, 0.15) is 17.1 Å². The SMILES string of the molecule is COC(=O)/C(C)=C\CC12OC(C)(C)C3CC(C1=O)C1C4=C(c5ccccc5C4=O)N(CCN)C4=C1C32Oc1c(CC=C(C)C)c2c(c(OC(=O)CCC(=O)N3CCN(C)CC3)c14)C=CC(C)(CCC=C(C)C)O2. The van der Waals surface area contributed by atoms with Gasteiger partial charge in [0.15, 0.2) is 28.5 Å². The van der Waals surface area contributed by atoms with E-state index in [1.807, 2.05) is 78.1 Å². The van der Waals surface area contributed by atoms with Crippen molar-refractivity contribution >= 4 is 46.9 Å². The Morgan fingerprint density at radius 1 is 0.890 bits per heavy atom. The second-order valence-electron chi connectivity index (χ2n) is 22.5. The van der Waals surface area contributed by atoms with E-state index in [1.165, 1.54) is 12.7 Å². The first-order valence-corrected chi connectivity index (χ1v) is 26.1. The minimum absolute atomic E-state index is 0.0297. The van der Waals surface area contributed by atoms with Gasteiger partial charge in [-0.3, -0.25) is 19.2 Å². The van der Waals surface area contributed by atoms with Crippen molar-refractivity contribution in [2.75, 3.05) is 53.4 Å². The fraction of sp³-hybridized carbons (Fsp3) is 0.508. The van der Waals surface area contributed by atoms with Gasteiger partial charge in [-0.05, 0) is 100 Å². The number of fused-ring (bicyclic) bond motifs is 5. The lowest BCUT2D eigenvalue weighted by Gasteiger charge is -2.63. The molecule has 2 saturated heterocycles. The van der Waals surface area contributed by atoms with E-state index in [1.54, 1.807) is 17.9 Å². The Bertz CT molecular complexity index is 2940. The number of rotatable bonds is 14. The summed E-state index contributed by atoms with van der Waals surface area (Å²) in [6.07, 6.45) is 11.9. The van der Waals surface area contributed by atoms with Gasteiger partial charge in [-0.1, -0.05) is 53.6 Å². The highest BCUT2D eigenvalue weighted by Gasteiger charge is 2.84. The van der Waals surface area contributed by atoms with Crippen LogP contribution in [0.25, 0.3) is 17.5 Å². The van der Waals surface area contributed by atoms with Crippen LogP contribution in [-0.4, -0.2) is 120 Å². The number of ether oxygens (including phenoxy) is 5. The number of methoxy groups -OCH3 is 1. The molecule has 1 amide bonds. The molecule has 3 saturated carbocycles. The lowest BCUT2D eigenvalue weighted by atomic mass is 9.44. The number of nitrogens with zero attached hydrogens (tertiary/aromatic N) is 3. The van der Waals surface area contributed by atoms with Crippen LogP contribution in [0.3, 0.4) is 0 Å². The Morgan fingerprint density at radius 3 is 2.29 bits per heavy atom. The van der Waals surface area contributed by atoms with Crippen molar-refractivity contribution in [3.05, 3.63) is 104 Å². The number of Topliss-reactive ketones (excluding diaryl/α,β-unsaturated/α-hetero) is 2. The van der Waals surface area contributed by atoms with Crippen molar-refractivity contribution in [2.24, 2.45) is 23.5 Å². The number of benzene rings is 2. The average molecular weight is 995 g/mol. The summed E-state index contributed by atoms with van der Waals surface area (Å²) in [4.78, 5) is 78.8. The van der Waals surface area contributed by atoms with Crippen LogP contribution in [0.15, 0.2) is 76.4 Å². The number of carbonyl (C=O) groups is 5. The molecule has 11 rings (SSSR count). The molecule has 386 valence electrons. The molecule has 0 aromatic heterocycles. The molecule has 73 heavy (non-hydrogen) atoms. The summed E-state index contributed by atoms with van der Waals surface area (Å²) in [6, 6.07) is 7.54. The Labute approximate surface area is 428 Å². The maximum Gasteiger partial charge on any atom is 0.333 e. The summed E-state index contributed by atoms with van der Waals surface area (Å²) in [5, 5.41) is 0. The van der Waals surface area contributed by atoms with Gasteiger partial charge in [-0.25, -0.2) is 4.79 Å². The van der Waals surface area contributed by atoms with Gasteiger partial charge in [0.2, 0.25) is 5.91 Å². The standard InChI is InChI=1S/C59H70N4O10/c1-33(2)14-13-23-57(8)24-22-39-51(71-57)38(18-17-34(3)4)53-46(52(39)70-43(65)20-19-42(64)62-30-28-61(9)29-31-62)49-47-44(45-48(63(49)27-26-60)36-15-11-12-16-37(36)50(45)66)40-32-41-56(6,7)73-58(54(40)67,59(41,47)72-53)25-21-35(5)55(68)69-10/h11-12,14-17,21-22,24,40-41,44H,13,18-20,23,25-32,60H2,1-10H3/b35-21-. The minimum Gasteiger partial charge on any atom is -0.482 e. The highest BCUT2D eigenvalue weighted by atomic mass is 16.6. The van der Waals surface area contributed by atoms with Gasteiger partial charge < -0.3 is 44.1 Å². The van der Waals surface area contributed by atoms with E-state index >= 15 is 9.59 Å². The van der Waals surface area contributed by atoms with Gasteiger partial charge in [0.25, 0.3) is 0 Å². The first-order valence-electron chi connectivity index (χ1n) is 26.1. The molecule has 5 aliphatic heterocycles. The molecular formula is C59H70N4O10. The zero-order valence-corrected chi connectivity index (χ0v) is 44.1. The quantitative estimate of drug-likeness (QED) is 0.0834. The topological polar surface area (TPSA) is 167 Å². The van der Waals surface area contributed by atoms with Crippen LogP contribution in [-0.2, 0) is 35.1 Å². The molecule has 4 bridgehead atoms. The summed E-state index contributed by atoms with van der Waals surface area (Å²) < 4.78 is 34.6. The molecule has 5 fully saturated rings. The van der Waals surface area contributed by atoms with Crippen LogP contribution >= 0.6 is 0 Å². The lowest BCUT2D eigenvalue weighted by Crippen LogP contribution is -2.75. The Morgan fingerprint density at radius 2 is 1.60 bits per heavy atom. The van der Waals surface area contributed by atoms with E-state index < -0.39 is 52.1 Å². The van der Waals surface area contributed by atoms with Crippen LogP contribution in [0, 0.1) is 17.8 Å². The number of nitrogens with two attached hydrogens (primary N) is 1. The summed E-state index contributed by atoms with van der Waals surface area (Å²) in [6.45, 7) is 19.0. The van der Waals surface area contributed by atoms with Crippen molar-refractivity contribution in [1.82, 2.24) is 14.7 Å². The van der Waals surface area contributed by atoms with Gasteiger partial charge in [-0.2, -0.15) is 0 Å². The normalized spacial score (nSPS) is 27.9. The predicted molar refractivity (Wildman–Crippen MR) is 277 cm³/mol. The molecule has 14 heteroatoms. The van der Waals surface area contributed by atoms with Crippen molar-refractivity contribution in [3.8, 4) is 17.2 Å². The first kappa shape index (κ1) is 50.4. The number of hydrogen-bond acceptors (Lipinski definition) is 13. The third-order valence-electron chi connectivity index (χ3n) is 16.7. The molecule has 2 aromatic carbocycles. The molecule has 4 aliphatic carbocycles. The largest absolute Gasteiger partial charge is 0.482 e. The van der Waals surface area contributed by atoms with E-state index in [9.17, 15) is 14.4 Å². The number of hydrogen-bond donors (Lipinski definition) is 1. The molecule has 14 nitrogen and oxygen atoms in total. The van der Waals surface area contributed by atoms with E-state index in [0.717, 1.165) is 30.6 Å². The fourth-order valence-corrected chi connectivity index (χ4v) is 13.3. The van der Waals surface area contributed by atoms with Crippen LogP contribution in [0.2, 0.25) is 0 Å². The smallest absolute Gasteiger partial charge is 0.333 e. The van der Waals surface area contributed by atoms with Crippen molar-refractivity contribution < 1.29 is 47.7 Å². The first-order chi connectivity index (χ1) is 34.7. The number of carbonyl (C=O) groups excluding carboxylic acids is 5. The fourth-order valence-electron chi connectivity index (χ4n) is 13.3. The average Bonchev–Trinajstić information content (AvgIpc) is 3.72. The second kappa shape index (κ2) is 18.4. The molecule has 0 radical (unpaired) electrons.